The van der Waals surface area contributed by atoms with Crippen molar-refractivity contribution in [3.63, 3.8) is 0 Å². The number of hydrazone groups is 1. The van der Waals surface area contributed by atoms with E-state index in [2.05, 4.69) is 5.10 Å². The molecule has 0 bridgehead atoms. The fraction of sp³-hybridized carbons (Fsp3) is 0.333. The highest BCUT2D eigenvalue weighted by atomic mass is 32.2. The summed E-state index contributed by atoms with van der Waals surface area (Å²) in [5.74, 6) is -1.23. The summed E-state index contributed by atoms with van der Waals surface area (Å²) in [7, 11) is 2.81. The van der Waals surface area contributed by atoms with E-state index < -0.39 is 22.5 Å². The minimum Gasteiger partial charge on any atom is -0.396 e. The Morgan fingerprint density at radius 3 is 2.63 bits per heavy atom. The first-order valence-corrected chi connectivity index (χ1v) is 10.3. The van der Waals surface area contributed by atoms with Crippen LogP contribution in [0.1, 0.15) is 30.4 Å². The van der Waals surface area contributed by atoms with Gasteiger partial charge in [-0.15, -0.1) is 0 Å². The van der Waals surface area contributed by atoms with E-state index in [-0.39, 0.29) is 17.2 Å². The predicted molar refractivity (Wildman–Crippen MR) is 112 cm³/mol. The molecule has 0 saturated heterocycles. The van der Waals surface area contributed by atoms with Crippen LogP contribution >= 0.6 is 11.8 Å². The lowest BCUT2D eigenvalue weighted by Crippen LogP contribution is -2.46. The van der Waals surface area contributed by atoms with E-state index in [9.17, 15) is 18.7 Å². The van der Waals surface area contributed by atoms with Crippen LogP contribution in [0.4, 0.5) is 13.6 Å². The van der Waals surface area contributed by atoms with Crippen molar-refractivity contribution in [2.75, 3.05) is 20.8 Å². The third-order valence-corrected chi connectivity index (χ3v) is 6.28. The molecular weight excluding hydrogens is 412 g/mol. The summed E-state index contributed by atoms with van der Waals surface area (Å²) in [6.45, 7) is 0.00763. The molecule has 1 aliphatic heterocycles. The molecule has 160 valence electrons. The van der Waals surface area contributed by atoms with Crippen molar-refractivity contribution >= 4 is 22.8 Å². The maximum Gasteiger partial charge on any atom is 0.365 e. The molecule has 1 N–H and O–H groups in total. The van der Waals surface area contributed by atoms with Crippen LogP contribution in [-0.2, 0) is 9.71 Å². The van der Waals surface area contributed by atoms with E-state index in [1.54, 1.807) is 0 Å². The number of amides is 2. The van der Waals surface area contributed by atoms with Crippen molar-refractivity contribution in [2.24, 2.45) is 5.10 Å². The van der Waals surface area contributed by atoms with Crippen LogP contribution in [0.5, 0.6) is 0 Å². The highest BCUT2D eigenvalue weighted by Gasteiger charge is 2.49. The number of carbonyl (C=O) groups excluding carboxylic acids is 1. The van der Waals surface area contributed by atoms with Crippen LogP contribution in [0.2, 0.25) is 0 Å². The molecule has 0 fully saturated rings. The lowest BCUT2D eigenvalue weighted by Gasteiger charge is -2.37. The number of hydrogen-bond acceptors (Lipinski definition) is 5. The van der Waals surface area contributed by atoms with E-state index in [0.717, 1.165) is 28.8 Å². The average Bonchev–Trinajstić information content (AvgIpc) is 3.15. The molecule has 6 nitrogen and oxygen atoms in total. The summed E-state index contributed by atoms with van der Waals surface area (Å²) in [6.07, 6.45) is 1.56. The van der Waals surface area contributed by atoms with Crippen LogP contribution in [-0.4, -0.2) is 47.0 Å². The molecule has 1 heterocycles. The number of aliphatic hydroxyl groups is 1. The van der Waals surface area contributed by atoms with E-state index in [4.69, 9.17) is 4.84 Å². The van der Waals surface area contributed by atoms with Gasteiger partial charge in [-0.25, -0.2) is 18.6 Å². The molecule has 0 aromatic heterocycles. The SMILES string of the molecule is CON(C)C(=O)N1N=C(c2cc(F)ccc2F)SC1(CCCCO)c1ccccc1. The first-order chi connectivity index (χ1) is 14.4. The molecule has 2 amide bonds. The van der Waals surface area contributed by atoms with Crippen LogP contribution in [0.3, 0.4) is 0 Å². The van der Waals surface area contributed by atoms with Gasteiger partial charge in [0.05, 0.1) is 7.11 Å². The van der Waals surface area contributed by atoms with Crippen LogP contribution < -0.4 is 0 Å². The molecule has 0 aliphatic carbocycles. The van der Waals surface area contributed by atoms with Gasteiger partial charge < -0.3 is 5.11 Å². The highest BCUT2D eigenvalue weighted by Crippen LogP contribution is 2.51. The van der Waals surface area contributed by atoms with E-state index in [1.165, 1.54) is 30.9 Å². The summed E-state index contributed by atoms with van der Waals surface area (Å²) in [6, 6.07) is 11.8. The van der Waals surface area contributed by atoms with Crippen LogP contribution in [0.15, 0.2) is 53.6 Å². The lowest BCUT2D eigenvalue weighted by atomic mass is 9.99. The lowest BCUT2D eigenvalue weighted by molar-refractivity contribution is -0.0806. The normalized spacial score (nSPS) is 18.4. The molecule has 0 spiro atoms. The van der Waals surface area contributed by atoms with Gasteiger partial charge in [-0.3, -0.25) is 4.84 Å². The Balaban J connectivity index is 2.13. The van der Waals surface area contributed by atoms with Crippen molar-refractivity contribution < 1.29 is 23.5 Å². The van der Waals surface area contributed by atoms with Crippen molar-refractivity contribution in [1.82, 2.24) is 10.1 Å². The van der Waals surface area contributed by atoms with Gasteiger partial charge in [-0.1, -0.05) is 42.1 Å². The second-order valence-corrected chi connectivity index (χ2v) is 8.00. The molecule has 3 rings (SSSR count). The molecule has 2 aromatic carbocycles. The van der Waals surface area contributed by atoms with Crippen molar-refractivity contribution in [1.29, 1.82) is 0 Å². The Bertz CT molecular complexity index is 929. The van der Waals surface area contributed by atoms with Crippen LogP contribution in [0, 0.1) is 11.6 Å². The van der Waals surface area contributed by atoms with E-state index in [1.807, 2.05) is 30.3 Å². The molecule has 1 unspecified atom stereocenters. The van der Waals surface area contributed by atoms with Gasteiger partial charge in [0.1, 0.15) is 21.5 Å². The highest BCUT2D eigenvalue weighted by molar-refractivity contribution is 8.15. The predicted octanol–water partition coefficient (Wildman–Crippen LogP) is 4.30. The third kappa shape index (κ3) is 4.33. The average molecular weight is 435 g/mol. The maximum absolute atomic E-state index is 14.5. The minimum absolute atomic E-state index is 0.00763. The number of benzene rings is 2. The van der Waals surface area contributed by atoms with Gasteiger partial charge in [-0.2, -0.15) is 10.1 Å². The summed E-state index contributed by atoms with van der Waals surface area (Å²) in [5, 5.41) is 16.1. The quantitative estimate of drug-likeness (QED) is 0.520. The van der Waals surface area contributed by atoms with Gasteiger partial charge in [0.15, 0.2) is 0 Å². The molecule has 1 atom stereocenters. The zero-order valence-electron chi connectivity index (χ0n) is 16.7. The van der Waals surface area contributed by atoms with E-state index in [0.29, 0.717) is 19.3 Å². The molecular formula is C21H23F2N3O3S. The number of hydrogen-bond donors (Lipinski definition) is 1. The zero-order chi connectivity index (χ0) is 21.7. The second-order valence-electron chi connectivity index (χ2n) is 6.74. The number of halogens is 2. The molecule has 0 radical (unpaired) electrons. The Labute approximate surface area is 178 Å². The Morgan fingerprint density at radius 2 is 1.97 bits per heavy atom. The van der Waals surface area contributed by atoms with Crippen molar-refractivity contribution in [3.8, 4) is 0 Å². The van der Waals surface area contributed by atoms with Crippen molar-refractivity contribution in [2.45, 2.75) is 24.1 Å². The summed E-state index contributed by atoms with van der Waals surface area (Å²) < 4.78 is 28.3. The Kier molecular flexibility index (Phi) is 7.06. The number of thioether (sulfide) groups is 1. The fourth-order valence-electron chi connectivity index (χ4n) is 3.23. The van der Waals surface area contributed by atoms with E-state index >= 15 is 0 Å². The fourth-order valence-corrected chi connectivity index (χ4v) is 4.65. The Morgan fingerprint density at radius 1 is 1.23 bits per heavy atom. The van der Waals surface area contributed by atoms with Gasteiger partial charge in [0.2, 0.25) is 0 Å². The number of carbonyl (C=O) groups is 1. The van der Waals surface area contributed by atoms with Gasteiger partial charge >= 0.3 is 6.03 Å². The number of rotatable bonds is 7. The minimum atomic E-state index is -1.01. The molecule has 1 aliphatic rings. The maximum atomic E-state index is 14.5. The first kappa shape index (κ1) is 22.2. The second kappa shape index (κ2) is 9.55. The number of nitrogens with zero attached hydrogens (tertiary/aromatic N) is 3. The standard InChI is InChI=1S/C21H23F2N3O3S/c1-25(29-2)20(28)26-21(12-6-7-13-27,15-8-4-3-5-9-15)30-19(24-26)17-14-16(22)10-11-18(17)23/h3-5,8-11,14,27H,6-7,12-13H2,1-2H3. The summed E-state index contributed by atoms with van der Waals surface area (Å²) in [5.41, 5.74) is 0.763. The number of urea groups is 1. The van der Waals surface area contributed by atoms with Gasteiger partial charge in [0.25, 0.3) is 0 Å². The zero-order valence-corrected chi connectivity index (χ0v) is 17.5. The number of aliphatic hydroxyl groups excluding tert-OH is 1. The largest absolute Gasteiger partial charge is 0.396 e. The first-order valence-electron chi connectivity index (χ1n) is 9.44. The molecule has 2 aromatic rings. The van der Waals surface area contributed by atoms with Crippen LogP contribution in [0.25, 0.3) is 0 Å². The molecule has 0 saturated carbocycles. The number of unbranched alkanes of at least 4 members (excludes halogenated alkanes) is 1. The monoisotopic (exact) mass is 435 g/mol. The van der Waals surface area contributed by atoms with Gasteiger partial charge in [-0.05, 0) is 43.0 Å². The summed E-state index contributed by atoms with van der Waals surface area (Å²) >= 11 is 1.19. The van der Waals surface area contributed by atoms with Crippen molar-refractivity contribution in [3.05, 3.63) is 71.3 Å². The summed E-state index contributed by atoms with van der Waals surface area (Å²) in [4.78, 5) is 17.2. The smallest absolute Gasteiger partial charge is 0.365 e. The molecule has 30 heavy (non-hydrogen) atoms. The number of hydroxylamine groups is 2. The Hall–Kier alpha value is -2.49. The molecule has 9 heteroatoms. The topological polar surface area (TPSA) is 65.4 Å². The third-order valence-electron chi connectivity index (χ3n) is 4.83. The van der Waals surface area contributed by atoms with Gasteiger partial charge in [0, 0.05) is 19.2 Å².